The van der Waals surface area contributed by atoms with E-state index in [1.54, 1.807) is 0 Å². The lowest BCUT2D eigenvalue weighted by atomic mass is 10.2. The molecule has 3 N–H and O–H groups in total. The Labute approximate surface area is 123 Å². The van der Waals surface area contributed by atoms with E-state index in [-0.39, 0.29) is 13.0 Å². The molecule has 0 fully saturated rings. The molecule has 0 saturated carbocycles. The summed E-state index contributed by atoms with van der Waals surface area (Å²) in [6.45, 7) is 0.206. The molecule has 1 aromatic rings. The molecule has 0 aliphatic heterocycles. The number of hydrogen-bond donors (Lipinski definition) is 3. The third-order valence-corrected chi connectivity index (χ3v) is 3.05. The molecule has 2 amide bonds. The molecule has 0 bridgehead atoms. The number of rotatable bonds is 6. The zero-order valence-corrected chi connectivity index (χ0v) is 12.2. The fourth-order valence-corrected chi connectivity index (χ4v) is 1.85. The predicted octanol–water partition coefficient (Wildman–Crippen LogP) is 2.20. The van der Waals surface area contributed by atoms with Crippen LogP contribution in [-0.2, 0) is 9.53 Å². The Kier molecular flexibility index (Phi) is 6.40. The third kappa shape index (κ3) is 5.14. The van der Waals surface area contributed by atoms with Gasteiger partial charge in [0.1, 0.15) is 11.9 Å². The van der Waals surface area contributed by atoms with Crippen molar-refractivity contribution in [3.8, 4) is 0 Å². The van der Waals surface area contributed by atoms with Gasteiger partial charge in [0.2, 0.25) is 0 Å². The van der Waals surface area contributed by atoms with Crippen molar-refractivity contribution in [3.63, 3.8) is 0 Å². The summed E-state index contributed by atoms with van der Waals surface area (Å²) in [5.74, 6) is -1.61. The van der Waals surface area contributed by atoms with E-state index in [0.717, 1.165) is 0 Å². The summed E-state index contributed by atoms with van der Waals surface area (Å²) < 4.78 is 18.0. The Balaban J connectivity index is 2.63. The first kappa shape index (κ1) is 16.4. The maximum Gasteiger partial charge on any atom is 0.326 e. The fraction of sp³-hybridized carbons (Fsp3) is 0.333. The summed E-state index contributed by atoms with van der Waals surface area (Å²) in [5, 5.41) is 13.7. The summed E-state index contributed by atoms with van der Waals surface area (Å²) >= 11 is 3.09. The SMILES string of the molecule is COCCC(NC(=O)Nc1ccc(F)cc1Br)C(=O)O. The van der Waals surface area contributed by atoms with Gasteiger partial charge in [-0.25, -0.2) is 14.0 Å². The average Bonchev–Trinajstić information content (AvgIpc) is 2.37. The Morgan fingerprint density at radius 3 is 2.75 bits per heavy atom. The molecule has 1 unspecified atom stereocenters. The third-order valence-electron chi connectivity index (χ3n) is 2.39. The summed E-state index contributed by atoms with van der Waals surface area (Å²) in [6, 6.07) is 1.98. The van der Waals surface area contributed by atoms with Gasteiger partial charge in [0.05, 0.1) is 5.69 Å². The van der Waals surface area contributed by atoms with E-state index in [1.165, 1.54) is 25.3 Å². The van der Waals surface area contributed by atoms with Crippen LogP contribution in [-0.4, -0.2) is 36.9 Å². The van der Waals surface area contributed by atoms with Crippen LogP contribution in [0.4, 0.5) is 14.9 Å². The number of methoxy groups -OCH3 is 1. The van der Waals surface area contributed by atoms with Gasteiger partial charge in [0.15, 0.2) is 0 Å². The van der Waals surface area contributed by atoms with Crippen LogP contribution < -0.4 is 10.6 Å². The number of carbonyl (C=O) groups is 2. The highest BCUT2D eigenvalue weighted by Gasteiger charge is 2.19. The van der Waals surface area contributed by atoms with E-state index < -0.39 is 23.9 Å². The fourth-order valence-electron chi connectivity index (χ4n) is 1.40. The highest BCUT2D eigenvalue weighted by atomic mass is 79.9. The summed E-state index contributed by atoms with van der Waals surface area (Å²) in [4.78, 5) is 22.6. The van der Waals surface area contributed by atoms with Gasteiger partial charge in [-0.1, -0.05) is 0 Å². The minimum absolute atomic E-state index is 0.143. The van der Waals surface area contributed by atoms with Gasteiger partial charge in [-0.15, -0.1) is 0 Å². The molecule has 20 heavy (non-hydrogen) atoms. The van der Waals surface area contributed by atoms with Crippen molar-refractivity contribution in [2.75, 3.05) is 19.0 Å². The first-order valence-electron chi connectivity index (χ1n) is 5.68. The van der Waals surface area contributed by atoms with Crippen LogP contribution in [0.2, 0.25) is 0 Å². The summed E-state index contributed by atoms with van der Waals surface area (Å²) in [5.41, 5.74) is 0.333. The summed E-state index contributed by atoms with van der Waals surface area (Å²) in [7, 11) is 1.44. The first-order valence-corrected chi connectivity index (χ1v) is 6.47. The first-order chi connectivity index (χ1) is 9.43. The number of halogens is 2. The lowest BCUT2D eigenvalue weighted by Gasteiger charge is -2.15. The number of carbonyl (C=O) groups excluding carboxylic acids is 1. The average molecular weight is 349 g/mol. The van der Waals surface area contributed by atoms with Crippen LogP contribution in [0, 0.1) is 5.82 Å². The summed E-state index contributed by atoms with van der Waals surface area (Å²) in [6.07, 6.45) is 0.143. The second-order valence-electron chi connectivity index (χ2n) is 3.89. The molecule has 0 aliphatic rings. The topological polar surface area (TPSA) is 87.7 Å². The molecule has 0 aliphatic carbocycles. The van der Waals surface area contributed by atoms with Crippen molar-refractivity contribution < 1.29 is 23.8 Å². The van der Waals surface area contributed by atoms with Crippen LogP contribution in [0.1, 0.15) is 6.42 Å². The smallest absolute Gasteiger partial charge is 0.326 e. The van der Waals surface area contributed by atoms with Gasteiger partial charge in [0.25, 0.3) is 0 Å². The molecule has 0 aromatic heterocycles. The van der Waals surface area contributed by atoms with Crippen molar-refractivity contribution in [1.82, 2.24) is 5.32 Å². The Hall–Kier alpha value is -1.67. The van der Waals surface area contributed by atoms with Crippen molar-refractivity contribution in [2.45, 2.75) is 12.5 Å². The van der Waals surface area contributed by atoms with Gasteiger partial charge in [0, 0.05) is 24.6 Å². The van der Waals surface area contributed by atoms with E-state index in [4.69, 9.17) is 9.84 Å². The highest BCUT2D eigenvalue weighted by Crippen LogP contribution is 2.22. The molecule has 1 rings (SSSR count). The van der Waals surface area contributed by atoms with Crippen LogP contribution >= 0.6 is 15.9 Å². The second kappa shape index (κ2) is 7.81. The maximum atomic E-state index is 12.9. The molecular formula is C12H14BrFN2O4. The van der Waals surface area contributed by atoms with Crippen molar-refractivity contribution in [3.05, 3.63) is 28.5 Å². The van der Waals surface area contributed by atoms with Gasteiger partial charge < -0.3 is 20.5 Å². The van der Waals surface area contributed by atoms with Crippen LogP contribution in [0.25, 0.3) is 0 Å². The van der Waals surface area contributed by atoms with E-state index in [2.05, 4.69) is 26.6 Å². The molecule has 110 valence electrons. The number of aliphatic carboxylic acids is 1. The number of nitrogens with one attached hydrogen (secondary N) is 2. The maximum absolute atomic E-state index is 12.9. The zero-order valence-electron chi connectivity index (χ0n) is 10.7. The normalized spacial score (nSPS) is 11.8. The van der Waals surface area contributed by atoms with Gasteiger partial charge in [-0.05, 0) is 34.1 Å². The predicted molar refractivity (Wildman–Crippen MR) is 74.2 cm³/mol. The molecule has 0 heterocycles. The number of amides is 2. The number of benzene rings is 1. The Morgan fingerprint density at radius 2 is 2.20 bits per heavy atom. The molecule has 1 aromatic carbocycles. The molecular weight excluding hydrogens is 335 g/mol. The molecule has 8 heteroatoms. The Bertz CT molecular complexity index is 498. The lowest BCUT2D eigenvalue weighted by Crippen LogP contribution is -2.43. The number of urea groups is 1. The highest BCUT2D eigenvalue weighted by molar-refractivity contribution is 9.10. The van der Waals surface area contributed by atoms with Gasteiger partial charge in [-0.3, -0.25) is 0 Å². The van der Waals surface area contributed by atoms with E-state index in [1.807, 2.05) is 0 Å². The van der Waals surface area contributed by atoms with Crippen molar-refractivity contribution in [2.24, 2.45) is 0 Å². The molecule has 0 saturated heterocycles. The molecule has 6 nitrogen and oxygen atoms in total. The molecule has 0 spiro atoms. The van der Waals surface area contributed by atoms with Crippen LogP contribution in [0.5, 0.6) is 0 Å². The van der Waals surface area contributed by atoms with E-state index in [9.17, 15) is 14.0 Å². The minimum atomic E-state index is -1.16. The van der Waals surface area contributed by atoms with E-state index >= 15 is 0 Å². The number of carboxylic acid groups (broad SMARTS) is 1. The quantitative estimate of drug-likeness (QED) is 0.735. The van der Waals surface area contributed by atoms with Crippen LogP contribution in [0.15, 0.2) is 22.7 Å². The zero-order chi connectivity index (χ0) is 15.1. The van der Waals surface area contributed by atoms with Crippen molar-refractivity contribution in [1.29, 1.82) is 0 Å². The Morgan fingerprint density at radius 1 is 1.50 bits per heavy atom. The minimum Gasteiger partial charge on any atom is -0.480 e. The lowest BCUT2D eigenvalue weighted by molar-refractivity contribution is -0.139. The number of carboxylic acids is 1. The second-order valence-corrected chi connectivity index (χ2v) is 4.75. The van der Waals surface area contributed by atoms with Crippen LogP contribution in [0.3, 0.4) is 0 Å². The standard InChI is InChI=1S/C12H14BrFN2O4/c1-20-5-4-10(11(17)18)16-12(19)15-9-3-2-7(14)6-8(9)13/h2-3,6,10H,4-5H2,1H3,(H,17,18)(H2,15,16,19). The number of anilines is 1. The number of ether oxygens (including phenoxy) is 1. The van der Waals surface area contributed by atoms with Gasteiger partial charge >= 0.3 is 12.0 Å². The number of hydrogen-bond acceptors (Lipinski definition) is 3. The van der Waals surface area contributed by atoms with Gasteiger partial charge in [-0.2, -0.15) is 0 Å². The monoisotopic (exact) mass is 348 g/mol. The largest absolute Gasteiger partial charge is 0.480 e. The van der Waals surface area contributed by atoms with E-state index in [0.29, 0.717) is 10.2 Å². The molecule has 0 radical (unpaired) electrons. The molecule has 1 atom stereocenters. The van der Waals surface area contributed by atoms with Crippen molar-refractivity contribution >= 4 is 33.6 Å².